The summed E-state index contributed by atoms with van der Waals surface area (Å²) in [5, 5.41) is 5.67. The van der Waals surface area contributed by atoms with Crippen molar-refractivity contribution < 1.29 is 14.4 Å². The number of rotatable bonds is 6. The number of aromatic nitrogens is 1. The van der Waals surface area contributed by atoms with Gasteiger partial charge in [-0.15, -0.1) is 12.4 Å². The molecule has 5 N–H and O–H groups in total. The van der Waals surface area contributed by atoms with Gasteiger partial charge in [-0.05, 0) is 25.0 Å². The minimum atomic E-state index is -0.611. The molecular weight excluding hydrogens is 410 g/mol. The Balaban J connectivity index is 0.00000320. The normalized spacial score (nSPS) is 15.9. The quantitative estimate of drug-likeness (QED) is 0.505. The molecule has 0 bridgehead atoms. The molecule has 1 aromatic carbocycles. The number of para-hydroxylation sites is 1. The van der Waals surface area contributed by atoms with Crippen LogP contribution in [0.15, 0.2) is 35.3 Å². The number of benzene rings is 1. The fourth-order valence-corrected chi connectivity index (χ4v) is 3.46. The summed E-state index contributed by atoms with van der Waals surface area (Å²) in [5.74, 6) is -1.29. The summed E-state index contributed by atoms with van der Waals surface area (Å²) in [4.78, 5) is 54.0. The molecule has 2 heterocycles. The number of fused-ring (bicyclic) bond motifs is 1. The van der Waals surface area contributed by atoms with Crippen LogP contribution in [-0.2, 0) is 9.59 Å². The number of nitrogens with zero attached hydrogens (tertiary/aromatic N) is 1. The van der Waals surface area contributed by atoms with Gasteiger partial charge >= 0.3 is 0 Å². The van der Waals surface area contributed by atoms with Crippen LogP contribution in [0.5, 0.6) is 0 Å². The first kappa shape index (κ1) is 23.4. The van der Waals surface area contributed by atoms with Gasteiger partial charge in [0.1, 0.15) is 5.56 Å². The van der Waals surface area contributed by atoms with Gasteiger partial charge in [0.05, 0.1) is 12.5 Å². The standard InChI is InChI=1S/C20H25N5O4.ClH/c21-7-8-22-19(28)13-4-3-9-25(12-13)17(26)11-24-20(29)15-10-23-16-6-2-1-5-14(16)18(15)27;/h1-2,5-6,10,13H,3-4,7-9,11-12,21H2,(H,22,28)(H,23,27)(H,24,29);1H. The van der Waals surface area contributed by atoms with Crippen molar-refractivity contribution in [3.63, 3.8) is 0 Å². The monoisotopic (exact) mass is 435 g/mol. The van der Waals surface area contributed by atoms with E-state index in [1.165, 1.54) is 6.20 Å². The van der Waals surface area contributed by atoms with E-state index in [2.05, 4.69) is 15.6 Å². The molecule has 1 fully saturated rings. The van der Waals surface area contributed by atoms with E-state index in [1.807, 2.05) is 0 Å². The second-order valence-corrected chi connectivity index (χ2v) is 7.02. The molecule has 0 saturated carbocycles. The highest BCUT2D eigenvalue weighted by atomic mass is 35.5. The average Bonchev–Trinajstić information content (AvgIpc) is 2.76. The summed E-state index contributed by atoms with van der Waals surface area (Å²) in [5.41, 5.74) is 5.59. The fraction of sp³-hybridized carbons (Fsp3) is 0.400. The van der Waals surface area contributed by atoms with E-state index in [1.54, 1.807) is 29.2 Å². The van der Waals surface area contributed by atoms with Crippen molar-refractivity contribution in [2.24, 2.45) is 11.7 Å². The van der Waals surface area contributed by atoms with E-state index in [0.29, 0.717) is 49.9 Å². The van der Waals surface area contributed by atoms with E-state index >= 15 is 0 Å². The van der Waals surface area contributed by atoms with Gasteiger partial charge in [0, 0.05) is 43.3 Å². The van der Waals surface area contributed by atoms with Gasteiger partial charge in [0.25, 0.3) is 5.91 Å². The zero-order valence-electron chi connectivity index (χ0n) is 16.5. The molecule has 1 saturated heterocycles. The van der Waals surface area contributed by atoms with E-state index in [0.717, 1.165) is 0 Å². The minimum absolute atomic E-state index is 0. The van der Waals surface area contributed by atoms with Crippen LogP contribution >= 0.6 is 12.4 Å². The van der Waals surface area contributed by atoms with Crippen LogP contribution in [0.3, 0.4) is 0 Å². The lowest BCUT2D eigenvalue weighted by Gasteiger charge is -2.32. The number of H-pyrrole nitrogens is 1. The first-order valence-electron chi connectivity index (χ1n) is 9.65. The molecule has 0 aliphatic carbocycles. The first-order valence-corrected chi connectivity index (χ1v) is 9.65. The van der Waals surface area contributed by atoms with E-state index in [4.69, 9.17) is 5.73 Å². The highest BCUT2D eigenvalue weighted by molar-refractivity contribution is 5.98. The number of aromatic amines is 1. The van der Waals surface area contributed by atoms with Gasteiger partial charge in [0.15, 0.2) is 0 Å². The summed E-state index contributed by atoms with van der Waals surface area (Å²) in [6.07, 6.45) is 2.77. The number of likely N-dealkylation sites (tertiary alicyclic amines) is 1. The average molecular weight is 436 g/mol. The summed E-state index contributed by atoms with van der Waals surface area (Å²) in [6.45, 7) is 1.37. The third-order valence-electron chi connectivity index (χ3n) is 5.02. The Labute approximate surface area is 179 Å². The molecule has 0 spiro atoms. The molecule has 162 valence electrons. The number of piperidine rings is 1. The van der Waals surface area contributed by atoms with Gasteiger partial charge in [-0.3, -0.25) is 19.2 Å². The zero-order chi connectivity index (χ0) is 20.8. The molecule has 3 amide bonds. The molecule has 1 aromatic heterocycles. The second-order valence-electron chi connectivity index (χ2n) is 7.02. The molecular formula is C20H26ClN5O4. The van der Waals surface area contributed by atoms with Crippen molar-refractivity contribution in [3.05, 3.63) is 46.2 Å². The number of carbonyl (C=O) groups excluding carboxylic acids is 3. The van der Waals surface area contributed by atoms with Gasteiger partial charge in [0.2, 0.25) is 17.2 Å². The fourth-order valence-electron chi connectivity index (χ4n) is 3.46. The number of nitrogens with one attached hydrogen (secondary N) is 3. The summed E-state index contributed by atoms with van der Waals surface area (Å²) >= 11 is 0. The maximum atomic E-state index is 12.5. The van der Waals surface area contributed by atoms with Crippen molar-refractivity contribution in [2.75, 3.05) is 32.7 Å². The number of hydrogen-bond donors (Lipinski definition) is 4. The van der Waals surface area contributed by atoms with Crippen molar-refractivity contribution in [2.45, 2.75) is 12.8 Å². The van der Waals surface area contributed by atoms with Crippen LogP contribution in [0.25, 0.3) is 10.9 Å². The van der Waals surface area contributed by atoms with Crippen molar-refractivity contribution >= 4 is 41.0 Å². The molecule has 1 aliphatic rings. The lowest BCUT2D eigenvalue weighted by atomic mass is 9.97. The highest BCUT2D eigenvalue weighted by Crippen LogP contribution is 2.16. The third-order valence-corrected chi connectivity index (χ3v) is 5.02. The predicted molar refractivity (Wildman–Crippen MR) is 116 cm³/mol. The van der Waals surface area contributed by atoms with E-state index in [-0.39, 0.29) is 47.7 Å². The lowest BCUT2D eigenvalue weighted by Crippen LogP contribution is -2.49. The van der Waals surface area contributed by atoms with Crippen LogP contribution in [0.1, 0.15) is 23.2 Å². The molecule has 3 rings (SSSR count). The maximum Gasteiger partial charge on any atom is 0.257 e. The molecule has 9 nitrogen and oxygen atoms in total. The molecule has 30 heavy (non-hydrogen) atoms. The van der Waals surface area contributed by atoms with E-state index in [9.17, 15) is 19.2 Å². The number of nitrogens with two attached hydrogens (primary N) is 1. The Morgan fingerprint density at radius 2 is 1.97 bits per heavy atom. The summed E-state index contributed by atoms with van der Waals surface area (Å²) < 4.78 is 0. The smallest absolute Gasteiger partial charge is 0.257 e. The van der Waals surface area contributed by atoms with Crippen molar-refractivity contribution in [1.82, 2.24) is 20.5 Å². The van der Waals surface area contributed by atoms with Crippen LogP contribution in [0, 0.1) is 5.92 Å². The Kier molecular flexibility index (Phi) is 8.37. The second kappa shape index (κ2) is 10.7. The zero-order valence-corrected chi connectivity index (χ0v) is 17.3. The lowest BCUT2D eigenvalue weighted by molar-refractivity contribution is -0.134. The number of carbonyl (C=O) groups is 3. The van der Waals surface area contributed by atoms with Crippen LogP contribution in [-0.4, -0.2) is 60.3 Å². The van der Waals surface area contributed by atoms with Crippen molar-refractivity contribution in [3.8, 4) is 0 Å². The Bertz CT molecular complexity index is 977. The molecule has 1 unspecified atom stereocenters. The van der Waals surface area contributed by atoms with Gasteiger partial charge in [-0.1, -0.05) is 12.1 Å². The maximum absolute atomic E-state index is 12.5. The van der Waals surface area contributed by atoms with Crippen LogP contribution in [0.4, 0.5) is 0 Å². The van der Waals surface area contributed by atoms with Crippen LogP contribution < -0.4 is 21.8 Å². The number of amides is 3. The largest absolute Gasteiger partial charge is 0.360 e. The topological polar surface area (TPSA) is 137 Å². The molecule has 1 aliphatic heterocycles. The van der Waals surface area contributed by atoms with Crippen LogP contribution in [0.2, 0.25) is 0 Å². The number of pyridine rings is 1. The predicted octanol–water partition coefficient (Wildman–Crippen LogP) is -0.00680. The molecule has 0 radical (unpaired) electrons. The van der Waals surface area contributed by atoms with Crippen molar-refractivity contribution in [1.29, 1.82) is 0 Å². The van der Waals surface area contributed by atoms with Gasteiger partial charge in [-0.25, -0.2) is 0 Å². The summed E-state index contributed by atoms with van der Waals surface area (Å²) in [7, 11) is 0. The molecule has 2 aromatic rings. The number of halogens is 1. The van der Waals surface area contributed by atoms with Gasteiger partial charge in [-0.2, -0.15) is 0 Å². The van der Waals surface area contributed by atoms with E-state index < -0.39 is 5.91 Å². The SMILES string of the molecule is Cl.NCCNC(=O)C1CCCN(C(=O)CNC(=O)c2c[nH]c3ccccc3c2=O)C1. The number of hydrogen-bond acceptors (Lipinski definition) is 5. The first-order chi connectivity index (χ1) is 14.0. The van der Waals surface area contributed by atoms with Gasteiger partial charge < -0.3 is 26.3 Å². The molecule has 10 heteroatoms. The molecule has 1 atom stereocenters. The Morgan fingerprint density at radius 1 is 1.20 bits per heavy atom. The summed E-state index contributed by atoms with van der Waals surface area (Å²) in [6, 6.07) is 6.90. The third kappa shape index (κ3) is 5.37. The minimum Gasteiger partial charge on any atom is -0.360 e. The highest BCUT2D eigenvalue weighted by Gasteiger charge is 2.28. The Morgan fingerprint density at radius 3 is 2.73 bits per heavy atom. The Hall–Kier alpha value is -2.91.